The number of rotatable bonds is 12. The number of likely N-dealkylation sites (N-methyl/N-ethyl adjacent to an activating group) is 2. The molecule has 8 nitrogen and oxygen atoms in total. The van der Waals surface area contributed by atoms with Crippen LogP contribution in [0.15, 0.2) is 42.0 Å². The van der Waals surface area contributed by atoms with E-state index in [1.54, 1.807) is 20.2 Å². The van der Waals surface area contributed by atoms with Crippen LogP contribution in [0, 0.1) is 11.3 Å². The number of aliphatic carboxylic acids is 1. The Morgan fingerprint density at radius 2 is 1.57 bits per heavy atom. The zero-order valence-corrected chi connectivity index (χ0v) is 24.2. The Morgan fingerprint density at radius 1 is 1.03 bits per heavy atom. The predicted octanol–water partition coefficient (Wildman–Crippen LogP) is 3.30. The number of aliphatic hydroxyl groups excluding tert-OH is 1. The van der Waals surface area contributed by atoms with Crippen LogP contribution < -0.4 is 5.32 Å². The normalized spacial score (nSPS) is 15.3. The maximum Gasteiger partial charge on any atom is 0.331 e. The lowest BCUT2D eigenvalue weighted by molar-refractivity contribution is -0.142. The summed E-state index contributed by atoms with van der Waals surface area (Å²) in [5, 5.41) is 22.0. The molecule has 0 spiro atoms. The zero-order valence-electron chi connectivity index (χ0n) is 24.2. The van der Waals surface area contributed by atoms with E-state index in [2.05, 4.69) is 5.32 Å². The fraction of sp³-hybridized carbons (Fsp3) is 0.621. The molecular weight excluding hydrogens is 470 g/mol. The number of benzene rings is 1. The van der Waals surface area contributed by atoms with E-state index in [4.69, 9.17) is 0 Å². The molecule has 0 unspecified atom stereocenters. The summed E-state index contributed by atoms with van der Waals surface area (Å²) in [4.78, 5) is 42.6. The highest BCUT2D eigenvalue weighted by molar-refractivity contribution is 5.91. The topological polar surface area (TPSA) is 110 Å². The average Bonchev–Trinajstić information content (AvgIpc) is 2.79. The molecule has 1 rings (SSSR count). The van der Waals surface area contributed by atoms with Crippen molar-refractivity contribution in [2.75, 3.05) is 27.2 Å². The number of carbonyl (C=O) groups excluding carboxylic acids is 2. The van der Waals surface area contributed by atoms with Crippen molar-refractivity contribution in [3.8, 4) is 0 Å². The van der Waals surface area contributed by atoms with Gasteiger partial charge in [-0.3, -0.25) is 14.5 Å². The number of aliphatic hydroxyl groups is 1. The third-order valence-electron chi connectivity index (χ3n) is 6.98. The van der Waals surface area contributed by atoms with Crippen molar-refractivity contribution in [2.45, 2.75) is 78.9 Å². The molecule has 0 aliphatic rings. The van der Waals surface area contributed by atoms with Gasteiger partial charge in [-0.1, -0.05) is 84.9 Å². The van der Waals surface area contributed by atoms with Gasteiger partial charge < -0.3 is 20.4 Å². The summed E-state index contributed by atoms with van der Waals surface area (Å²) in [6, 6.07) is 7.72. The van der Waals surface area contributed by atoms with Crippen molar-refractivity contribution < 1.29 is 24.6 Å². The van der Waals surface area contributed by atoms with E-state index >= 15 is 0 Å². The number of nitrogens with zero attached hydrogens (tertiary/aromatic N) is 2. The van der Waals surface area contributed by atoms with Crippen LogP contribution in [0.3, 0.4) is 0 Å². The van der Waals surface area contributed by atoms with Crippen molar-refractivity contribution in [2.24, 2.45) is 11.3 Å². The molecule has 0 aliphatic heterocycles. The molecule has 0 saturated carbocycles. The number of nitrogens with one attached hydrogen (secondary N) is 1. The van der Waals surface area contributed by atoms with Crippen molar-refractivity contribution in [3.05, 3.63) is 47.5 Å². The first-order valence-electron chi connectivity index (χ1n) is 12.8. The molecule has 3 N–H and O–H groups in total. The monoisotopic (exact) mass is 517 g/mol. The highest BCUT2D eigenvalue weighted by Crippen LogP contribution is 2.31. The first kappa shape index (κ1) is 32.3. The molecular formula is C29H47N3O5. The molecule has 8 heteroatoms. The smallest absolute Gasteiger partial charge is 0.331 e. The summed E-state index contributed by atoms with van der Waals surface area (Å²) < 4.78 is 0. The number of carbonyl (C=O) groups is 3. The fourth-order valence-electron chi connectivity index (χ4n) is 4.69. The second kappa shape index (κ2) is 13.2. The van der Waals surface area contributed by atoms with Gasteiger partial charge in [0.15, 0.2) is 0 Å². The molecule has 0 radical (unpaired) electrons. The Bertz CT molecular complexity index is 950. The minimum absolute atomic E-state index is 0.0416. The first-order chi connectivity index (χ1) is 17.0. The van der Waals surface area contributed by atoms with Crippen molar-refractivity contribution in [1.29, 1.82) is 0 Å². The SMILES string of the molecule is C/C(=C\[C@H](C(C)C)N(C)C(=O)[C@@H](NC(=O)[C@@H](N(C)CCO)C(C)(C)c1ccccc1)C(C)(C)C)C(=O)O. The van der Waals surface area contributed by atoms with Gasteiger partial charge in [0.2, 0.25) is 11.8 Å². The van der Waals surface area contributed by atoms with Crippen LogP contribution in [-0.4, -0.2) is 83.2 Å². The van der Waals surface area contributed by atoms with Crippen LogP contribution in [0.25, 0.3) is 0 Å². The van der Waals surface area contributed by atoms with Crippen LogP contribution >= 0.6 is 0 Å². The average molecular weight is 518 g/mol. The maximum atomic E-state index is 13.9. The number of hydrogen-bond donors (Lipinski definition) is 3. The lowest BCUT2D eigenvalue weighted by Crippen LogP contribution is -2.62. The molecule has 0 fully saturated rings. The van der Waals surface area contributed by atoms with Gasteiger partial charge in [0.1, 0.15) is 6.04 Å². The van der Waals surface area contributed by atoms with Gasteiger partial charge in [0.25, 0.3) is 0 Å². The minimum Gasteiger partial charge on any atom is -0.478 e. The van der Waals surface area contributed by atoms with Gasteiger partial charge in [0.05, 0.1) is 18.7 Å². The highest BCUT2D eigenvalue weighted by Gasteiger charge is 2.43. The Kier molecular flexibility index (Phi) is 11.5. The van der Waals surface area contributed by atoms with E-state index in [0.717, 1.165) is 5.56 Å². The molecule has 0 saturated heterocycles. The summed E-state index contributed by atoms with van der Waals surface area (Å²) in [6.45, 7) is 15.2. The zero-order chi connectivity index (χ0) is 28.7. The highest BCUT2D eigenvalue weighted by atomic mass is 16.4. The van der Waals surface area contributed by atoms with Crippen LogP contribution in [0.5, 0.6) is 0 Å². The van der Waals surface area contributed by atoms with Gasteiger partial charge in [-0.25, -0.2) is 4.79 Å². The number of hydrogen-bond acceptors (Lipinski definition) is 5. The van der Waals surface area contributed by atoms with Crippen molar-refractivity contribution in [1.82, 2.24) is 15.1 Å². The summed E-state index contributed by atoms with van der Waals surface area (Å²) in [6.07, 6.45) is 1.59. The molecule has 1 aromatic rings. The summed E-state index contributed by atoms with van der Waals surface area (Å²) in [5.41, 5.74) is -0.130. The lowest BCUT2D eigenvalue weighted by atomic mass is 9.76. The van der Waals surface area contributed by atoms with E-state index in [-0.39, 0.29) is 36.5 Å². The standard InChI is InChI=1S/C29H47N3O5/c1-19(2)22(18-20(3)27(36)37)32(10)26(35)23(28(4,5)6)30-25(34)24(31(9)16-17-33)29(7,8)21-14-12-11-13-15-21/h11-15,18-19,22-24,33H,16-17H2,1-10H3,(H,30,34)(H,36,37)/b20-18+/t22-,23-,24-/m1/s1. The van der Waals surface area contributed by atoms with Crippen molar-refractivity contribution >= 4 is 17.8 Å². The number of carboxylic acid groups (broad SMARTS) is 1. The Hall–Kier alpha value is -2.71. The summed E-state index contributed by atoms with van der Waals surface area (Å²) in [5.74, 6) is -1.69. The quantitative estimate of drug-likeness (QED) is 0.367. The predicted molar refractivity (Wildman–Crippen MR) is 147 cm³/mol. The van der Waals surface area contributed by atoms with Crippen LogP contribution in [-0.2, 0) is 19.8 Å². The molecule has 0 heterocycles. The molecule has 1 aromatic carbocycles. The minimum atomic E-state index is -1.04. The van der Waals surface area contributed by atoms with Gasteiger partial charge in [-0.15, -0.1) is 0 Å². The third kappa shape index (κ3) is 8.40. The molecule has 0 aliphatic carbocycles. The van der Waals surface area contributed by atoms with Gasteiger partial charge in [-0.05, 0) is 30.9 Å². The molecule has 37 heavy (non-hydrogen) atoms. The van der Waals surface area contributed by atoms with Gasteiger partial charge >= 0.3 is 5.97 Å². The summed E-state index contributed by atoms with van der Waals surface area (Å²) >= 11 is 0. The second-order valence-electron chi connectivity index (χ2n) is 11.8. The van der Waals surface area contributed by atoms with Crippen LogP contribution in [0.4, 0.5) is 0 Å². The number of amides is 2. The van der Waals surface area contributed by atoms with Crippen LogP contribution in [0.2, 0.25) is 0 Å². The van der Waals surface area contributed by atoms with E-state index in [9.17, 15) is 24.6 Å². The summed E-state index contributed by atoms with van der Waals surface area (Å²) in [7, 11) is 3.44. The Balaban J connectivity index is 3.45. The third-order valence-corrected chi connectivity index (χ3v) is 6.98. The lowest BCUT2D eigenvalue weighted by Gasteiger charge is -2.42. The van der Waals surface area contributed by atoms with E-state index in [1.165, 1.54) is 11.8 Å². The molecule has 2 amide bonds. The molecule has 0 aromatic heterocycles. The second-order valence-corrected chi connectivity index (χ2v) is 11.8. The Labute approximate surface area is 222 Å². The maximum absolute atomic E-state index is 13.9. The molecule has 208 valence electrons. The van der Waals surface area contributed by atoms with E-state index < -0.39 is 34.9 Å². The van der Waals surface area contributed by atoms with E-state index in [0.29, 0.717) is 0 Å². The van der Waals surface area contributed by atoms with Gasteiger partial charge in [0, 0.05) is 24.6 Å². The van der Waals surface area contributed by atoms with Gasteiger partial charge in [-0.2, -0.15) is 0 Å². The number of carboxylic acids is 1. The first-order valence-corrected chi connectivity index (χ1v) is 12.8. The van der Waals surface area contributed by atoms with Crippen LogP contribution in [0.1, 0.15) is 61.0 Å². The Morgan fingerprint density at radius 3 is 2.00 bits per heavy atom. The largest absolute Gasteiger partial charge is 0.478 e. The molecule has 0 bridgehead atoms. The van der Waals surface area contributed by atoms with Crippen molar-refractivity contribution in [3.63, 3.8) is 0 Å². The fourth-order valence-corrected chi connectivity index (χ4v) is 4.69. The molecule has 3 atom stereocenters. The van der Waals surface area contributed by atoms with E-state index in [1.807, 2.05) is 83.7 Å².